The predicted molar refractivity (Wildman–Crippen MR) is 112 cm³/mol. The van der Waals surface area contributed by atoms with E-state index in [1.54, 1.807) is 6.20 Å². The molecule has 3 heterocycles. The Morgan fingerprint density at radius 3 is 2.72 bits per heavy atom. The molecule has 29 heavy (non-hydrogen) atoms. The van der Waals surface area contributed by atoms with E-state index in [2.05, 4.69) is 16.0 Å². The summed E-state index contributed by atoms with van der Waals surface area (Å²) in [7, 11) is 0. The number of thiazole rings is 1. The third kappa shape index (κ3) is 4.41. The van der Waals surface area contributed by atoms with Crippen molar-refractivity contribution in [3.05, 3.63) is 86.9 Å². The molecule has 4 rings (SSSR count). The van der Waals surface area contributed by atoms with E-state index in [1.807, 2.05) is 49.6 Å². The van der Waals surface area contributed by atoms with E-state index in [4.69, 9.17) is 4.74 Å². The van der Waals surface area contributed by atoms with Gasteiger partial charge >= 0.3 is 5.97 Å². The van der Waals surface area contributed by atoms with Gasteiger partial charge in [0.05, 0.1) is 17.8 Å². The molecule has 0 fully saturated rings. The number of pyridine rings is 1. The number of benzene rings is 1. The number of hydrogen-bond donors (Lipinski definition) is 0. The van der Waals surface area contributed by atoms with E-state index in [9.17, 15) is 9.59 Å². The van der Waals surface area contributed by atoms with Gasteiger partial charge in [0.1, 0.15) is 17.3 Å². The minimum Gasteiger partial charge on any atom is -0.459 e. The lowest BCUT2D eigenvalue weighted by Gasteiger charge is -2.06. The van der Waals surface area contributed by atoms with E-state index >= 15 is 0 Å². The van der Waals surface area contributed by atoms with Crippen molar-refractivity contribution in [3.63, 3.8) is 0 Å². The van der Waals surface area contributed by atoms with Crippen LogP contribution in [0.3, 0.4) is 0 Å². The Kier molecular flexibility index (Phi) is 5.22. The highest BCUT2D eigenvalue weighted by atomic mass is 32.1. The summed E-state index contributed by atoms with van der Waals surface area (Å²) in [6.07, 6.45) is 1.76. The zero-order valence-corrected chi connectivity index (χ0v) is 16.9. The number of ether oxygens (including phenoxy) is 1. The molecule has 1 aromatic carbocycles. The van der Waals surface area contributed by atoms with Crippen molar-refractivity contribution in [2.45, 2.75) is 26.9 Å². The van der Waals surface area contributed by atoms with Crippen LogP contribution in [0.15, 0.2) is 58.8 Å². The van der Waals surface area contributed by atoms with Gasteiger partial charge in [-0.1, -0.05) is 23.8 Å². The lowest BCUT2D eigenvalue weighted by molar-refractivity contribution is -0.144. The molecule has 0 radical (unpaired) electrons. The summed E-state index contributed by atoms with van der Waals surface area (Å²) in [5.41, 5.74) is 4.61. The van der Waals surface area contributed by atoms with Crippen molar-refractivity contribution in [1.82, 2.24) is 14.4 Å². The predicted octanol–water partition coefficient (Wildman–Crippen LogP) is 3.72. The van der Waals surface area contributed by atoms with Gasteiger partial charge < -0.3 is 4.74 Å². The fraction of sp³-hybridized carbons (Fsp3) is 0.182. The van der Waals surface area contributed by atoms with Crippen molar-refractivity contribution in [3.8, 4) is 10.6 Å². The van der Waals surface area contributed by atoms with Crippen molar-refractivity contribution in [2.75, 3.05) is 0 Å². The highest BCUT2D eigenvalue weighted by Gasteiger charge is 2.12. The van der Waals surface area contributed by atoms with Gasteiger partial charge in [-0.3, -0.25) is 14.0 Å². The number of nitrogens with zero attached hydrogens (tertiary/aromatic N) is 3. The molecule has 0 aliphatic heterocycles. The van der Waals surface area contributed by atoms with E-state index in [1.165, 1.54) is 21.8 Å². The summed E-state index contributed by atoms with van der Waals surface area (Å²) in [6.45, 7) is 3.91. The minimum absolute atomic E-state index is 0.0482. The maximum absolute atomic E-state index is 12.2. The zero-order chi connectivity index (χ0) is 20.4. The zero-order valence-electron chi connectivity index (χ0n) is 16.1. The molecule has 0 atom stereocenters. The molecule has 0 saturated heterocycles. The third-order valence-electron chi connectivity index (χ3n) is 4.40. The summed E-state index contributed by atoms with van der Waals surface area (Å²) >= 11 is 1.50. The number of rotatable bonds is 5. The quantitative estimate of drug-likeness (QED) is 0.473. The van der Waals surface area contributed by atoms with Crippen molar-refractivity contribution < 1.29 is 9.53 Å². The largest absolute Gasteiger partial charge is 0.459 e. The molecule has 0 saturated carbocycles. The average molecular weight is 405 g/mol. The second-order valence-electron chi connectivity index (χ2n) is 6.87. The fourth-order valence-corrected chi connectivity index (χ4v) is 3.80. The molecule has 3 aromatic heterocycles. The van der Waals surface area contributed by atoms with Gasteiger partial charge in [-0.25, -0.2) is 9.97 Å². The highest BCUT2D eigenvalue weighted by Crippen LogP contribution is 2.24. The fourth-order valence-electron chi connectivity index (χ4n) is 2.98. The standard InChI is InChI=1S/C22H19N3O3S/c1-14-4-3-5-16(8-14)22-24-18(13-29-22)11-21(27)28-12-17-10-20(26)25-7-6-15(2)9-19(25)23-17/h3-10,13H,11-12H2,1-2H3. The first-order chi connectivity index (χ1) is 14.0. The first-order valence-corrected chi connectivity index (χ1v) is 10.0. The van der Waals surface area contributed by atoms with E-state index < -0.39 is 5.97 Å². The Morgan fingerprint density at radius 1 is 1.07 bits per heavy atom. The van der Waals surface area contributed by atoms with E-state index in [-0.39, 0.29) is 18.6 Å². The van der Waals surface area contributed by atoms with Crippen molar-refractivity contribution in [1.29, 1.82) is 0 Å². The molecule has 0 unspecified atom stereocenters. The Balaban J connectivity index is 1.42. The summed E-state index contributed by atoms with van der Waals surface area (Å²) in [5, 5.41) is 2.73. The molecular weight excluding hydrogens is 386 g/mol. The normalized spacial score (nSPS) is 11.0. The maximum atomic E-state index is 12.2. The van der Waals surface area contributed by atoms with Crippen LogP contribution >= 0.6 is 11.3 Å². The number of hydrogen-bond acceptors (Lipinski definition) is 6. The van der Waals surface area contributed by atoms with Crippen LogP contribution in [0.2, 0.25) is 0 Å². The molecule has 7 heteroatoms. The Labute approximate surface area is 171 Å². The summed E-state index contributed by atoms with van der Waals surface area (Å²) in [6, 6.07) is 13.1. The highest BCUT2D eigenvalue weighted by molar-refractivity contribution is 7.13. The second-order valence-corrected chi connectivity index (χ2v) is 7.73. The number of carbonyl (C=O) groups is 1. The average Bonchev–Trinajstić information content (AvgIpc) is 3.14. The molecule has 6 nitrogen and oxygen atoms in total. The van der Waals surface area contributed by atoms with Gasteiger partial charge in [-0.2, -0.15) is 0 Å². The Hall–Kier alpha value is -3.32. The van der Waals surface area contributed by atoms with Gasteiger partial charge in [0, 0.05) is 23.2 Å². The van der Waals surface area contributed by atoms with Gasteiger partial charge in [0.2, 0.25) is 0 Å². The van der Waals surface area contributed by atoms with E-state index in [0.717, 1.165) is 21.7 Å². The van der Waals surface area contributed by atoms with Gasteiger partial charge in [0.15, 0.2) is 0 Å². The number of fused-ring (bicyclic) bond motifs is 1. The molecule has 4 aromatic rings. The third-order valence-corrected chi connectivity index (χ3v) is 5.34. The van der Waals surface area contributed by atoms with Crippen LogP contribution in [-0.2, 0) is 22.6 Å². The molecule has 0 N–H and O–H groups in total. The molecule has 0 aliphatic rings. The topological polar surface area (TPSA) is 73.6 Å². The van der Waals surface area contributed by atoms with Crippen LogP contribution in [0, 0.1) is 13.8 Å². The van der Waals surface area contributed by atoms with Crippen LogP contribution in [0.1, 0.15) is 22.5 Å². The Morgan fingerprint density at radius 2 is 1.90 bits per heavy atom. The first kappa shape index (κ1) is 19.0. The molecule has 0 amide bonds. The molecule has 0 spiro atoms. The van der Waals surface area contributed by atoms with Gasteiger partial charge in [0.25, 0.3) is 5.56 Å². The lowest BCUT2D eigenvalue weighted by Crippen LogP contribution is -2.17. The van der Waals surface area contributed by atoms with Crippen LogP contribution in [0.25, 0.3) is 16.2 Å². The summed E-state index contributed by atoms with van der Waals surface area (Å²) < 4.78 is 6.77. The van der Waals surface area contributed by atoms with Crippen LogP contribution in [0.5, 0.6) is 0 Å². The van der Waals surface area contributed by atoms with Crippen molar-refractivity contribution in [2.24, 2.45) is 0 Å². The minimum atomic E-state index is -0.405. The molecule has 0 bridgehead atoms. The van der Waals surface area contributed by atoms with Crippen LogP contribution in [0.4, 0.5) is 0 Å². The molecule has 146 valence electrons. The SMILES string of the molecule is Cc1cccc(-c2nc(CC(=O)OCc3cc(=O)n4ccc(C)cc4n3)cs2)c1. The monoisotopic (exact) mass is 405 g/mol. The number of aryl methyl sites for hydroxylation is 2. The first-order valence-electron chi connectivity index (χ1n) is 9.14. The molecular formula is C22H19N3O3S. The summed E-state index contributed by atoms with van der Waals surface area (Å²) in [5.74, 6) is -0.405. The number of aromatic nitrogens is 3. The maximum Gasteiger partial charge on any atom is 0.312 e. The smallest absolute Gasteiger partial charge is 0.312 e. The van der Waals surface area contributed by atoms with E-state index in [0.29, 0.717) is 17.0 Å². The van der Waals surface area contributed by atoms with Gasteiger partial charge in [-0.05, 0) is 37.6 Å². The molecule has 0 aliphatic carbocycles. The number of carbonyl (C=O) groups excluding carboxylic acids is 1. The van der Waals surface area contributed by atoms with Crippen LogP contribution in [-0.4, -0.2) is 20.3 Å². The second kappa shape index (κ2) is 7.97. The van der Waals surface area contributed by atoms with Crippen LogP contribution < -0.4 is 5.56 Å². The summed E-state index contributed by atoms with van der Waals surface area (Å²) in [4.78, 5) is 33.3. The van der Waals surface area contributed by atoms with Gasteiger partial charge in [-0.15, -0.1) is 11.3 Å². The Bertz CT molecular complexity index is 1260. The number of esters is 1. The van der Waals surface area contributed by atoms with Crippen molar-refractivity contribution >= 4 is 23.0 Å². The lowest BCUT2D eigenvalue weighted by atomic mass is 10.1.